The van der Waals surface area contributed by atoms with Gasteiger partial charge in [0.05, 0.1) is 12.2 Å². The number of hydrogen-bond acceptors (Lipinski definition) is 3. The Morgan fingerprint density at radius 1 is 0.667 bits per heavy atom. The van der Waals surface area contributed by atoms with Gasteiger partial charge in [0.25, 0.3) is 0 Å². The van der Waals surface area contributed by atoms with Gasteiger partial charge in [-0.3, -0.25) is 0 Å². The van der Waals surface area contributed by atoms with Crippen LogP contribution in [0.4, 0.5) is 0 Å². The van der Waals surface area contributed by atoms with Gasteiger partial charge in [0.2, 0.25) is 0 Å². The van der Waals surface area contributed by atoms with Gasteiger partial charge in [-0.2, -0.15) is 0 Å². The lowest BCUT2D eigenvalue weighted by atomic mass is 10.2. The van der Waals surface area contributed by atoms with Crippen molar-refractivity contribution >= 4 is 0 Å². The summed E-state index contributed by atoms with van der Waals surface area (Å²) < 4.78 is 15.5. The van der Waals surface area contributed by atoms with E-state index in [0.717, 1.165) is 26.4 Å². The summed E-state index contributed by atoms with van der Waals surface area (Å²) in [6.07, 6.45) is 0.426. The summed E-state index contributed by atoms with van der Waals surface area (Å²) in [5, 5.41) is 0. The fraction of sp³-hybridized carbons (Fsp3) is 1.00. The van der Waals surface area contributed by atoms with Crippen molar-refractivity contribution in [3.8, 4) is 0 Å². The Kier molecular flexibility index (Phi) is 16.0. The van der Waals surface area contributed by atoms with Crippen LogP contribution in [0.5, 0.6) is 0 Å². The minimum absolute atomic E-state index is 0.213. The van der Waals surface area contributed by atoms with E-state index >= 15 is 0 Å². The van der Waals surface area contributed by atoms with Crippen molar-refractivity contribution in [3.05, 3.63) is 0 Å². The van der Waals surface area contributed by atoms with Crippen LogP contribution in [0, 0.1) is 0 Å². The standard InChI is InChI=1S/C8H18O2.C4H10O/c1-5-9-7(3)8(4)10-6-2;1-3-5-4-2/h7-8H,5-6H2,1-4H3;3-4H2,1-2H3. The number of ether oxygens (including phenoxy) is 3. The van der Waals surface area contributed by atoms with E-state index in [-0.39, 0.29) is 12.2 Å². The van der Waals surface area contributed by atoms with Crippen molar-refractivity contribution in [2.24, 2.45) is 0 Å². The Bertz CT molecular complexity index is 95.0. The Labute approximate surface area is 95.1 Å². The van der Waals surface area contributed by atoms with Crippen molar-refractivity contribution in [2.45, 2.75) is 53.8 Å². The van der Waals surface area contributed by atoms with E-state index in [0.29, 0.717) is 0 Å². The first kappa shape index (κ1) is 17.3. The van der Waals surface area contributed by atoms with Crippen LogP contribution in [0.1, 0.15) is 41.5 Å². The minimum atomic E-state index is 0.213. The predicted molar refractivity (Wildman–Crippen MR) is 64.3 cm³/mol. The molecular weight excluding hydrogens is 192 g/mol. The molecule has 0 aliphatic heterocycles. The van der Waals surface area contributed by atoms with E-state index in [4.69, 9.17) is 14.2 Å². The third-order valence-electron chi connectivity index (χ3n) is 1.93. The van der Waals surface area contributed by atoms with Crippen LogP contribution >= 0.6 is 0 Å². The second-order valence-corrected chi connectivity index (χ2v) is 3.10. The molecule has 2 unspecified atom stereocenters. The fourth-order valence-electron chi connectivity index (χ4n) is 1.00. The molecule has 0 aromatic heterocycles. The molecule has 2 atom stereocenters. The SMILES string of the molecule is CCOC(C)C(C)OCC.CCOCC. The van der Waals surface area contributed by atoms with E-state index in [1.807, 2.05) is 41.5 Å². The molecule has 0 bridgehead atoms. The summed E-state index contributed by atoms with van der Waals surface area (Å²) in [4.78, 5) is 0. The Balaban J connectivity index is 0. The second kappa shape index (κ2) is 13.9. The van der Waals surface area contributed by atoms with Gasteiger partial charge in [-0.15, -0.1) is 0 Å². The first-order chi connectivity index (χ1) is 7.13. The highest BCUT2D eigenvalue weighted by Gasteiger charge is 2.10. The average molecular weight is 220 g/mol. The van der Waals surface area contributed by atoms with Crippen LogP contribution in [0.2, 0.25) is 0 Å². The van der Waals surface area contributed by atoms with Crippen LogP contribution in [-0.2, 0) is 14.2 Å². The van der Waals surface area contributed by atoms with Crippen LogP contribution in [0.15, 0.2) is 0 Å². The van der Waals surface area contributed by atoms with Crippen LogP contribution in [0.3, 0.4) is 0 Å². The van der Waals surface area contributed by atoms with Crippen molar-refractivity contribution in [1.29, 1.82) is 0 Å². The highest BCUT2D eigenvalue weighted by atomic mass is 16.5. The second-order valence-electron chi connectivity index (χ2n) is 3.10. The molecule has 0 radical (unpaired) electrons. The average Bonchev–Trinajstić information content (AvgIpc) is 2.20. The molecule has 3 heteroatoms. The lowest BCUT2D eigenvalue weighted by molar-refractivity contribution is -0.0489. The Morgan fingerprint density at radius 3 is 1.13 bits per heavy atom. The highest BCUT2D eigenvalue weighted by molar-refractivity contribution is 4.58. The van der Waals surface area contributed by atoms with Gasteiger partial charge in [-0.1, -0.05) is 0 Å². The molecule has 0 aliphatic carbocycles. The molecule has 15 heavy (non-hydrogen) atoms. The highest BCUT2D eigenvalue weighted by Crippen LogP contribution is 2.01. The summed E-state index contributed by atoms with van der Waals surface area (Å²) in [5.74, 6) is 0. The maximum absolute atomic E-state index is 5.33. The van der Waals surface area contributed by atoms with Crippen LogP contribution in [0.25, 0.3) is 0 Å². The quantitative estimate of drug-likeness (QED) is 0.660. The summed E-state index contributed by atoms with van der Waals surface area (Å²) in [6, 6.07) is 0. The molecule has 0 heterocycles. The molecule has 0 aromatic rings. The molecule has 0 aliphatic rings. The number of rotatable bonds is 7. The van der Waals surface area contributed by atoms with E-state index in [1.54, 1.807) is 0 Å². The van der Waals surface area contributed by atoms with Gasteiger partial charge in [-0.25, -0.2) is 0 Å². The maximum Gasteiger partial charge on any atom is 0.0805 e. The molecule has 0 amide bonds. The topological polar surface area (TPSA) is 27.7 Å². The van der Waals surface area contributed by atoms with Gasteiger partial charge < -0.3 is 14.2 Å². The van der Waals surface area contributed by atoms with E-state index in [1.165, 1.54) is 0 Å². The lowest BCUT2D eigenvalue weighted by Gasteiger charge is -2.19. The molecule has 0 N–H and O–H groups in total. The van der Waals surface area contributed by atoms with E-state index in [2.05, 4.69) is 0 Å². The summed E-state index contributed by atoms with van der Waals surface area (Å²) in [6.45, 7) is 15.2. The molecule has 0 rings (SSSR count). The molecule has 0 spiro atoms. The van der Waals surface area contributed by atoms with E-state index in [9.17, 15) is 0 Å². The smallest absolute Gasteiger partial charge is 0.0805 e. The van der Waals surface area contributed by atoms with Gasteiger partial charge in [0.15, 0.2) is 0 Å². The first-order valence-corrected chi connectivity index (χ1v) is 5.94. The minimum Gasteiger partial charge on any atom is -0.382 e. The zero-order valence-electron chi connectivity index (χ0n) is 11.2. The lowest BCUT2D eigenvalue weighted by Crippen LogP contribution is -2.25. The third-order valence-corrected chi connectivity index (χ3v) is 1.93. The van der Waals surface area contributed by atoms with Gasteiger partial charge in [0, 0.05) is 26.4 Å². The summed E-state index contributed by atoms with van der Waals surface area (Å²) >= 11 is 0. The zero-order valence-corrected chi connectivity index (χ0v) is 11.2. The summed E-state index contributed by atoms with van der Waals surface area (Å²) in [5.41, 5.74) is 0. The first-order valence-electron chi connectivity index (χ1n) is 5.94. The molecule has 0 saturated heterocycles. The Hall–Kier alpha value is -0.120. The van der Waals surface area contributed by atoms with Crippen molar-refractivity contribution in [1.82, 2.24) is 0 Å². The molecule has 94 valence electrons. The molecule has 0 fully saturated rings. The molecule has 0 saturated carbocycles. The van der Waals surface area contributed by atoms with Gasteiger partial charge in [0.1, 0.15) is 0 Å². The Morgan fingerprint density at radius 2 is 1.00 bits per heavy atom. The van der Waals surface area contributed by atoms with Gasteiger partial charge in [-0.05, 0) is 41.5 Å². The fourth-order valence-corrected chi connectivity index (χ4v) is 1.00. The third kappa shape index (κ3) is 13.9. The molecule has 3 nitrogen and oxygen atoms in total. The van der Waals surface area contributed by atoms with Crippen LogP contribution in [-0.4, -0.2) is 38.6 Å². The maximum atomic E-state index is 5.33. The van der Waals surface area contributed by atoms with Crippen molar-refractivity contribution < 1.29 is 14.2 Å². The molecular formula is C12H28O3. The molecule has 0 aromatic carbocycles. The van der Waals surface area contributed by atoms with Crippen molar-refractivity contribution in [3.63, 3.8) is 0 Å². The van der Waals surface area contributed by atoms with Gasteiger partial charge >= 0.3 is 0 Å². The number of hydrogen-bond donors (Lipinski definition) is 0. The summed E-state index contributed by atoms with van der Waals surface area (Å²) in [7, 11) is 0. The van der Waals surface area contributed by atoms with E-state index < -0.39 is 0 Å². The van der Waals surface area contributed by atoms with Crippen molar-refractivity contribution in [2.75, 3.05) is 26.4 Å². The van der Waals surface area contributed by atoms with Crippen LogP contribution < -0.4 is 0 Å². The monoisotopic (exact) mass is 220 g/mol. The largest absolute Gasteiger partial charge is 0.382 e. The normalized spacial score (nSPS) is 14.0. The zero-order chi connectivity index (χ0) is 12.1. The predicted octanol–water partition coefficient (Wildman–Crippen LogP) is 2.88.